The normalized spacial score (nSPS) is 22.5. The second-order valence-electron chi connectivity index (χ2n) is 5.97. The number of fused-ring (bicyclic) bond motifs is 1. The number of ether oxygens (including phenoxy) is 1. The van der Waals surface area contributed by atoms with Crippen LogP contribution in [0.4, 0.5) is 0 Å². The van der Waals surface area contributed by atoms with Gasteiger partial charge in [0, 0.05) is 5.92 Å². The van der Waals surface area contributed by atoms with Crippen molar-refractivity contribution in [3.8, 4) is 6.07 Å². The summed E-state index contributed by atoms with van der Waals surface area (Å²) in [5, 5.41) is 8.92. The smallest absolute Gasteiger partial charge is 0.261 e. The first kappa shape index (κ1) is 14.6. The second kappa shape index (κ2) is 5.59. The van der Waals surface area contributed by atoms with Crippen LogP contribution in [-0.2, 0) is 4.74 Å². The lowest BCUT2D eigenvalue weighted by Gasteiger charge is -2.26. The maximum Gasteiger partial charge on any atom is 0.261 e. The Morgan fingerprint density at radius 1 is 0.958 bits per heavy atom. The molecule has 24 heavy (non-hydrogen) atoms. The number of amides is 2. The molecule has 2 aliphatic heterocycles. The van der Waals surface area contributed by atoms with Crippen molar-refractivity contribution in [2.24, 2.45) is 0 Å². The van der Waals surface area contributed by atoms with Gasteiger partial charge in [-0.05, 0) is 29.8 Å². The number of hydrogen-bond donors (Lipinski definition) is 0. The van der Waals surface area contributed by atoms with E-state index in [0.29, 0.717) is 29.9 Å². The first-order chi connectivity index (χ1) is 11.7. The van der Waals surface area contributed by atoms with Crippen molar-refractivity contribution in [1.29, 1.82) is 5.26 Å². The quantitative estimate of drug-likeness (QED) is 0.797. The van der Waals surface area contributed by atoms with E-state index in [1.165, 1.54) is 4.90 Å². The monoisotopic (exact) mass is 318 g/mol. The Labute approximate surface area is 139 Å². The molecule has 0 unspecified atom stereocenters. The molecule has 0 spiro atoms. The summed E-state index contributed by atoms with van der Waals surface area (Å²) in [4.78, 5) is 26.7. The molecule has 118 valence electrons. The van der Waals surface area contributed by atoms with Crippen LogP contribution in [0.15, 0.2) is 48.5 Å². The molecule has 5 heteroatoms. The molecule has 2 aromatic rings. The standard InChI is InChI=1S/C19H14N2O3/c20-9-12-5-7-13(8-6-12)16-10-24-11-17(16)21-18(22)14-3-1-2-4-15(14)19(21)23/h1-8,16-17H,10-11H2/t16-,17-/m1/s1. The van der Waals surface area contributed by atoms with Gasteiger partial charge in [-0.25, -0.2) is 0 Å². The Bertz CT molecular complexity index is 832. The summed E-state index contributed by atoms with van der Waals surface area (Å²) in [6, 6.07) is 15.9. The van der Waals surface area contributed by atoms with E-state index in [4.69, 9.17) is 10.00 Å². The minimum atomic E-state index is -0.328. The lowest BCUT2D eigenvalue weighted by molar-refractivity contribution is 0.0558. The Balaban J connectivity index is 1.67. The zero-order chi connectivity index (χ0) is 16.7. The molecular formula is C19H14N2O3. The largest absolute Gasteiger partial charge is 0.379 e. The first-order valence-corrected chi connectivity index (χ1v) is 7.75. The van der Waals surface area contributed by atoms with Gasteiger partial charge >= 0.3 is 0 Å². The molecule has 0 saturated carbocycles. The maximum absolute atomic E-state index is 12.7. The molecule has 0 radical (unpaired) electrons. The highest BCUT2D eigenvalue weighted by molar-refractivity contribution is 6.21. The van der Waals surface area contributed by atoms with E-state index in [-0.39, 0.29) is 23.8 Å². The van der Waals surface area contributed by atoms with Gasteiger partial charge in [0.15, 0.2) is 0 Å². The summed E-state index contributed by atoms with van der Waals surface area (Å²) in [6.45, 7) is 0.778. The van der Waals surface area contributed by atoms with Crippen molar-refractivity contribution < 1.29 is 14.3 Å². The van der Waals surface area contributed by atoms with Crippen molar-refractivity contribution in [2.75, 3.05) is 13.2 Å². The fraction of sp³-hybridized carbons (Fsp3) is 0.211. The van der Waals surface area contributed by atoms with Crippen molar-refractivity contribution in [3.63, 3.8) is 0 Å². The van der Waals surface area contributed by atoms with Gasteiger partial charge in [0.1, 0.15) is 0 Å². The molecule has 1 fully saturated rings. The van der Waals surface area contributed by atoms with E-state index >= 15 is 0 Å². The lowest BCUT2D eigenvalue weighted by atomic mass is 9.92. The predicted molar refractivity (Wildman–Crippen MR) is 85.4 cm³/mol. The van der Waals surface area contributed by atoms with Crippen LogP contribution in [0, 0.1) is 11.3 Å². The molecule has 2 atom stereocenters. The van der Waals surface area contributed by atoms with Gasteiger partial charge in [-0.15, -0.1) is 0 Å². The summed E-state index contributed by atoms with van der Waals surface area (Å²) in [7, 11) is 0. The third kappa shape index (κ3) is 2.12. The summed E-state index contributed by atoms with van der Waals surface area (Å²) >= 11 is 0. The lowest BCUT2D eigenvalue weighted by Crippen LogP contribution is -2.43. The second-order valence-corrected chi connectivity index (χ2v) is 5.97. The van der Waals surface area contributed by atoms with Crippen LogP contribution in [0.1, 0.15) is 37.8 Å². The van der Waals surface area contributed by atoms with Gasteiger partial charge in [-0.2, -0.15) is 5.26 Å². The van der Waals surface area contributed by atoms with Crippen LogP contribution in [0.3, 0.4) is 0 Å². The number of carbonyl (C=O) groups is 2. The number of nitriles is 1. The number of benzene rings is 2. The molecule has 1 saturated heterocycles. The molecule has 0 aromatic heterocycles. The number of carbonyl (C=O) groups excluding carboxylic acids is 2. The Hall–Kier alpha value is -2.97. The number of hydrogen-bond acceptors (Lipinski definition) is 4. The number of imide groups is 1. The van der Waals surface area contributed by atoms with E-state index in [2.05, 4.69) is 6.07 Å². The van der Waals surface area contributed by atoms with Crippen LogP contribution in [0.5, 0.6) is 0 Å². The zero-order valence-electron chi connectivity index (χ0n) is 12.8. The molecule has 0 bridgehead atoms. The average molecular weight is 318 g/mol. The van der Waals surface area contributed by atoms with E-state index in [0.717, 1.165) is 5.56 Å². The van der Waals surface area contributed by atoms with Crippen LogP contribution >= 0.6 is 0 Å². The van der Waals surface area contributed by atoms with Crippen LogP contribution in [-0.4, -0.2) is 36.0 Å². The average Bonchev–Trinajstić information content (AvgIpc) is 3.19. The number of nitrogens with zero attached hydrogens (tertiary/aromatic N) is 2. The highest BCUT2D eigenvalue weighted by atomic mass is 16.5. The molecular weight excluding hydrogens is 304 g/mol. The predicted octanol–water partition coefficient (Wildman–Crippen LogP) is 2.34. The summed E-state index contributed by atoms with van der Waals surface area (Å²) in [5.41, 5.74) is 2.45. The molecule has 2 amide bonds. The van der Waals surface area contributed by atoms with Crippen LogP contribution in [0.2, 0.25) is 0 Å². The third-order valence-corrected chi connectivity index (χ3v) is 4.68. The van der Waals surface area contributed by atoms with Gasteiger partial charge in [-0.1, -0.05) is 24.3 Å². The number of rotatable bonds is 2. The van der Waals surface area contributed by atoms with E-state index in [1.54, 1.807) is 36.4 Å². The molecule has 0 aliphatic carbocycles. The minimum Gasteiger partial charge on any atom is -0.379 e. The van der Waals surface area contributed by atoms with Gasteiger partial charge < -0.3 is 4.74 Å². The van der Waals surface area contributed by atoms with E-state index in [1.807, 2.05) is 12.1 Å². The Morgan fingerprint density at radius 3 is 2.17 bits per heavy atom. The molecule has 0 N–H and O–H groups in total. The maximum atomic E-state index is 12.7. The molecule has 4 rings (SSSR count). The van der Waals surface area contributed by atoms with Crippen molar-refractivity contribution in [2.45, 2.75) is 12.0 Å². The van der Waals surface area contributed by atoms with E-state index in [9.17, 15) is 9.59 Å². The van der Waals surface area contributed by atoms with Gasteiger partial charge in [-0.3, -0.25) is 14.5 Å². The Morgan fingerprint density at radius 2 is 1.58 bits per heavy atom. The summed E-state index contributed by atoms with van der Waals surface area (Å²) in [5.74, 6) is -0.602. The van der Waals surface area contributed by atoms with Gasteiger partial charge in [0.05, 0.1) is 42.0 Å². The minimum absolute atomic E-state index is 0.0834. The fourth-order valence-corrected chi connectivity index (χ4v) is 3.43. The third-order valence-electron chi connectivity index (χ3n) is 4.68. The first-order valence-electron chi connectivity index (χ1n) is 7.75. The van der Waals surface area contributed by atoms with Crippen molar-refractivity contribution in [3.05, 3.63) is 70.8 Å². The van der Waals surface area contributed by atoms with Crippen molar-refractivity contribution in [1.82, 2.24) is 4.90 Å². The highest BCUT2D eigenvalue weighted by Gasteiger charge is 2.45. The van der Waals surface area contributed by atoms with Gasteiger partial charge in [0.2, 0.25) is 0 Å². The van der Waals surface area contributed by atoms with E-state index < -0.39 is 0 Å². The SMILES string of the molecule is N#Cc1ccc([C@H]2COC[C@H]2N2C(=O)c3ccccc3C2=O)cc1. The fourth-order valence-electron chi connectivity index (χ4n) is 3.43. The van der Waals surface area contributed by atoms with Crippen LogP contribution in [0.25, 0.3) is 0 Å². The molecule has 2 aromatic carbocycles. The topological polar surface area (TPSA) is 70.4 Å². The highest BCUT2D eigenvalue weighted by Crippen LogP contribution is 2.34. The summed E-state index contributed by atoms with van der Waals surface area (Å²) < 4.78 is 5.58. The molecule has 2 aliphatic rings. The van der Waals surface area contributed by atoms with Crippen LogP contribution < -0.4 is 0 Å². The zero-order valence-corrected chi connectivity index (χ0v) is 12.8. The molecule has 5 nitrogen and oxygen atoms in total. The van der Waals surface area contributed by atoms with Crippen molar-refractivity contribution >= 4 is 11.8 Å². The Kier molecular flexibility index (Phi) is 3.40. The van der Waals surface area contributed by atoms with Gasteiger partial charge in [0.25, 0.3) is 11.8 Å². The summed E-state index contributed by atoms with van der Waals surface area (Å²) in [6.07, 6.45) is 0. The molecule has 2 heterocycles.